The number of rotatable bonds is 5. The zero-order valence-corrected chi connectivity index (χ0v) is 10.3. The van der Waals surface area contributed by atoms with Gasteiger partial charge in [-0.15, -0.1) is 0 Å². The van der Waals surface area contributed by atoms with Crippen LogP contribution in [0.25, 0.3) is 0 Å². The molecule has 84 valence electrons. The van der Waals surface area contributed by atoms with Crippen molar-refractivity contribution in [1.82, 2.24) is 0 Å². The number of hydrogen-bond donors (Lipinski definition) is 1. The number of hydrogen-bond acceptors (Lipinski definition) is 2. The van der Waals surface area contributed by atoms with Crippen LogP contribution in [0.3, 0.4) is 0 Å². The van der Waals surface area contributed by atoms with Gasteiger partial charge in [-0.1, -0.05) is 0 Å². The summed E-state index contributed by atoms with van der Waals surface area (Å²) in [6.45, 7) is 0.685. The minimum absolute atomic E-state index is 0.297. The Morgan fingerprint density at radius 1 is 1.40 bits per heavy atom. The van der Waals surface area contributed by atoms with Crippen LogP contribution >= 0.6 is 15.9 Å². The highest BCUT2D eigenvalue weighted by Crippen LogP contribution is 2.27. The van der Waals surface area contributed by atoms with E-state index in [0.717, 1.165) is 24.8 Å². The molecule has 2 N–H and O–H groups in total. The molecule has 0 atom stereocenters. The number of ether oxygens (including phenoxy) is 1. The van der Waals surface area contributed by atoms with E-state index in [4.69, 9.17) is 10.5 Å². The van der Waals surface area contributed by atoms with E-state index >= 15 is 0 Å². The van der Waals surface area contributed by atoms with E-state index < -0.39 is 0 Å². The van der Waals surface area contributed by atoms with E-state index in [1.165, 1.54) is 6.07 Å². The Balaban J connectivity index is 2.80. The second-order valence-corrected chi connectivity index (χ2v) is 4.18. The fourth-order valence-corrected chi connectivity index (χ4v) is 1.81. The third kappa shape index (κ3) is 3.47. The van der Waals surface area contributed by atoms with Crippen LogP contribution in [0.2, 0.25) is 0 Å². The normalized spacial score (nSPS) is 10.4. The summed E-state index contributed by atoms with van der Waals surface area (Å²) in [6, 6.07) is 3.17. The van der Waals surface area contributed by atoms with Gasteiger partial charge in [-0.2, -0.15) is 0 Å². The van der Waals surface area contributed by atoms with E-state index in [1.54, 1.807) is 13.2 Å². The summed E-state index contributed by atoms with van der Waals surface area (Å²) in [5.74, 6) is 0.308. The summed E-state index contributed by atoms with van der Waals surface area (Å²) in [7, 11) is 1.55. The van der Waals surface area contributed by atoms with Crippen LogP contribution in [0.4, 0.5) is 4.39 Å². The highest BCUT2D eigenvalue weighted by Gasteiger charge is 2.08. The minimum Gasteiger partial charge on any atom is -0.496 e. The van der Waals surface area contributed by atoms with Gasteiger partial charge in [0.2, 0.25) is 0 Å². The van der Waals surface area contributed by atoms with Crippen LogP contribution in [-0.2, 0) is 6.42 Å². The van der Waals surface area contributed by atoms with Crippen LogP contribution in [0.15, 0.2) is 16.6 Å². The smallest absolute Gasteiger partial charge is 0.141 e. The van der Waals surface area contributed by atoms with Gasteiger partial charge in [-0.3, -0.25) is 0 Å². The van der Waals surface area contributed by atoms with Crippen molar-refractivity contribution in [3.8, 4) is 5.75 Å². The molecule has 0 radical (unpaired) electrons. The molecule has 0 spiro atoms. The molecule has 1 aromatic rings. The van der Waals surface area contributed by atoms with Gasteiger partial charge in [0.05, 0.1) is 11.6 Å². The van der Waals surface area contributed by atoms with E-state index in [0.29, 0.717) is 16.8 Å². The number of nitrogens with two attached hydrogens (primary N) is 1. The average molecular weight is 276 g/mol. The topological polar surface area (TPSA) is 35.2 Å². The average Bonchev–Trinajstić information content (AvgIpc) is 2.23. The van der Waals surface area contributed by atoms with Crippen molar-refractivity contribution in [1.29, 1.82) is 0 Å². The maximum Gasteiger partial charge on any atom is 0.141 e. The third-order valence-electron chi connectivity index (χ3n) is 2.22. The molecule has 0 heterocycles. The molecule has 1 aromatic carbocycles. The summed E-state index contributed by atoms with van der Waals surface area (Å²) in [6.07, 6.45) is 2.82. The van der Waals surface area contributed by atoms with Crippen molar-refractivity contribution >= 4 is 15.9 Å². The molecule has 0 aliphatic carbocycles. The molecule has 2 nitrogen and oxygen atoms in total. The Kier molecular flexibility index (Phi) is 5.05. The van der Waals surface area contributed by atoms with Crippen molar-refractivity contribution in [2.24, 2.45) is 5.73 Å². The Morgan fingerprint density at radius 3 is 2.73 bits per heavy atom. The molecule has 0 saturated carbocycles. The fourth-order valence-electron chi connectivity index (χ4n) is 1.41. The van der Waals surface area contributed by atoms with Gasteiger partial charge < -0.3 is 10.5 Å². The minimum atomic E-state index is -0.297. The number of aryl methyl sites for hydroxylation is 1. The van der Waals surface area contributed by atoms with Crippen LogP contribution in [0, 0.1) is 5.82 Å². The van der Waals surface area contributed by atoms with E-state index in [-0.39, 0.29) is 5.82 Å². The lowest BCUT2D eigenvalue weighted by atomic mass is 10.1. The zero-order chi connectivity index (χ0) is 11.3. The first kappa shape index (κ1) is 12.5. The number of benzene rings is 1. The van der Waals surface area contributed by atoms with Crippen molar-refractivity contribution in [2.45, 2.75) is 19.3 Å². The molecule has 0 aliphatic rings. The fraction of sp³-hybridized carbons (Fsp3) is 0.455. The van der Waals surface area contributed by atoms with Crippen molar-refractivity contribution in [2.75, 3.05) is 13.7 Å². The lowest BCUT2D eigenvalue weighted by Crippen LogP contribution is -2.00. The molecule has 4 heteroatoms. The number of unbranched alkanes of at least 4 members (excludes halogenated alkanes) is 1. The van der Waals surface area contributed by atoms with Crippen LogP contribution in [-0.4, -0.2) is 13.7 Å². The van der Waals surface area contributed by atoms with Gasteiger partial charge in [-0.25, -0.2) is 4.39 Å². The first-order valence-corrected chi connectivity index (χ1v) is 5.70. The summed E-state index contributed by atoms with van der Waals surface area (Å²) in [5, 5.41) is 0. The van der Waals surface area contributed by atoms with E-state index in [2.05, 4.69) is 15.9 Å². The van der Waals surface area contributed by atoms with Gasteiger partial charge in [-0.05, 0) is 53.4 Å². The molecule has 1 rings (SSSR count). The summed E-state index contributed by atoms with van der Waals surface area (Å²) in [5.41, 5.74) is 6.43. The third-order valence-corrected chi connectivity index (χ3v) is 2.83. The predicted octanol–water partition coefficient (Wildman–Crippen LogP) is 2.88. The maximum atomic E-state index is 13.2. The van der Waals surface area contributed by atoms with Gasteiger partial charge in [0.15, 0.2) is 0 Å². The second-order valence-electron chi connectivity index (χ2n) is 3.32. The molecule has 0 aromatic heterocycles. The zero-order valence-electron chi connectivity index (χ0n) is 8.72. The first-order chi connectivity index (χ1) is 7.19. The van der Waals surface area contributed by atoms with Crippen molar-refractivity contribution in [3.63, 3.8) is 0 Å². The summed E-state index contributed by atoms with van der Waals surface area (Å²) in [4.78, 5) is 0. The molecule has 0 unspecified atom stereocenters. The lowest BCUT2D eigenvalue weighted by Gasteiger charge is -2.09. The Bertz CT molecular complexity index is 331. The Labute approximate surface area is 97.7 Å². The van der Waals surface area contributed by atoms with Crippen molar-refractivity contribution in [3.05, 3.63) is 28.0 Å². The Morgan fingerprint density at radius 2 is 2.13 bits per heavy atom. The lowest BCUT2D eigenvalue weighted by molar-refractivity contribution is 0.405. The molecule has 0 bridgehead atoms. The Hall–Kier alpha value is -0.610. The van der Waals surface area contributed by atoms with Crippen LogP contribution in [0.1, 0.15) is 18.4 Å². The SMILES string of the molecule is COc1cc(F)c(Br)cc1CCCCN. The first-order valence-electron chi connectivity index (χ1n) is 4.91. The van der Waals surface area contributed by atoms with E-state index in [1.807, 2.05) is 0 Å². The van der Waals surface area contributed by atoms with Crippen LogP contribution in [0.5, 0.6) is 5.75 Å². The predicted molar refractivity (Wildman–Crippen MR) is 62.6 cm³/mol. The van der Waals surface area contributed by atoms with Gasteiger partial charge in [0, 0.05) is 6.07 Å². The van der Waals surface area contributed by atoms with Crippen molar-refractivity contribution < 1.29 is 9.13 Å². The van der Waals surface area contributed by atoms with Gasteiger partial charge in [0.1, 0.15) is 11.6 Å². The summed E-state index contributed by atoms with van der Waals surface area (Å²) >= 11 is 3.16. The highest BCUT2D eigenvalue weighted by atomic mass is 79.9. The molecule has 15 heavy (non-hydrogen) atoms. The van der Waals surface area contributed by atoms with Gasteiger partial charge >= 0.3 is 0 Å². The second kappa shape index (κ2) is 6.08. The molecule has 0 fully saturated rings. The van der Waals surface area contributed by atoms with E-state index in [9.17, 15) is 4.39 Å². The van der Waals surface area contributed by atoms with Crippen LogP contribution < -0.4 is 10.5 Å². The number of methoxy groups -OCH3 is 1. The monoisotopic (exact) mass is 275 g/mol. The number of halogens is 2. The molecular weight excluding hydrogens is 261 g/mol. The molecule has 0 aliphatic heterocycles. The summed E-state index contributed by atoms with van der Waals surface area (Å²) < 4.78 is 18.8. The largest absolute Gasteiger partial charge is 0.496 e. The maximum absolute atomic E-state index is 13.2. The quantitative estimate of drug-likeness (QED) is 0.839. The highest BCUT2D eigenvalue weighted by molar-refractivity contribution is 9.10. The van der Waals surface area contributed by atoms with Gasteiger partial charge in [0.25, 0.3) is 0 Å². The molecular formula is C11H15BrFNO. The molecule has 0 amide bonds. The molecule has 0 saturated heterocycles. The standard InChI is InChI=1S/C11H15BrFNO/c1-15-11-7-10(13)9(12)6-8(11)4-2-3-5-14/h6-7H,2-5,14H2,1H3.